The van der Waals surface area contributed by atoms with Crippen molar-refractivity contribution in [2.24, 2.45) is 0 Å². The molecule has 21 heavy (non-hydrogen) atoms. The maximum absolute atomic E-state index is 11.7. The first-order valence-corrected chi connectivity index (χ1v) is 7.41. The quantitative estimate of drug-likeness (QED) is 0.722. The van der Waals surface area contributed by atoms with Gasteiger partial charge in [-0.05, 0) is 24.6 Å². The number of halogens is 1. The van der Waals surface area contributed by atoms with Gasteiger partial charge < -0.3 is 15.4 Å². The van der Waals surface area contributed by atoms with Gasteiger partial charge >= 0.3 is 0 Å². The van der Waals surface area contributed by atoms with Crippen molar-refractivity contribution < 1.29 is 14.3 Å². The molecule has 6 heteroatoms. The number of unbranched alkanes of at least 4 members (excludes halogenated alkanes) is 1. The number of benzene rings is 1. The molecule has 0 atom stereocenters. The maximum Gasteiger partial charge on any atom is 0.250 e. The summed E-state index contributed by atoms with van der Waals surface area (Å²) >= 11 is 6.03. The van der Waals surface area contributed by atoms with Crippen molar-refractivity contribution in [1.29, 1.82) is 0 Å². The summed E-state index contributed by atoms with van der Waals surface area (Å²) in [6, 6.07) is 4.93. The molecule has 0 aliphatic heterocycles. The van der Waals surface area contributed by atoms with Gasteiger partial charge in [0, 0.05) is 18.7 Å². The van der Waals surface area contributed by atoms with Crippen LogP contribution in [0, 0.1) is 0 Å². The zero-order chi connectivity index (χ0) is 15.7. The second kappa shape index (κ2) is 9.37. The number of rotatable bonds is 8. The lowest BCUT2D eigenvalue weighted by Gasteiger charge is -2.10. The van der Waals surface area contributed by atoms with Crippen molar-refractivity contribution >= 4 is 34.8 Å². The van der Waals surface area contributed by atoms with E-state index in [4.69, 9.17) is 16.3 Å². The number of amides is 2. The average molecular weight is 313 g/mol. The molecule has 0 aromatic heterocycles. The van der Waals surface area contributed by atoms with Crippen LogP contribution < -0.4 is 10.6 Å². The summed E-state index contributed by atoms with van der Waals surface area (Å²) in [7, 11) is 0. The fraction of sp³-hybridized carbons (Fsp3) is 0.467. The minimum Gasteiger partial charge on any atom is -0.372 e. The summed E-state index contributed by atoms with van der Waals surface area (Å²) in [4.78, 5) is 23.1. The monoisotopic (exact) mass is 312 g/mol. The van der Waals surface area contributed by atoms with Gasteiger partial charge in [0.25, 0.3) is 0 Å². The standard InChI is InChI=1S/C15H21ClN2O3/c1-3-5-8-21-10-15(20)18-13-9-11(6-7-12(13)16)17-14(19)4-2/h6-7,9H,3-5,8,10H2,1-2H3,(H,17,19)(H,18,20). The number of anilines is 2. The highest BCUT2D eigenvalue weighted by Crippen LogP contribution is 2.25. The van der Waals surface area contributed by atoms with Crippen LogP contribution in [-0.4, -0.2) is 25.0 Å². The van der Waals surface area contributed by atoms with E-state index in [1.165, 1.54) is 0 Å². The third kappa shape index (κ3) is 6.60. The lowest BCUT2D eigenvalue weighted by atomic mass is 10.2. The van der Waals surface area contributed by atoms with Crippen LogP contribution in [0.25, 0.3) is 0 Å². The summed E-state index contributed by atoms with van der Waals surface area (Å²) in [5.41, 5.74) is 1.04. The summed E-state index contributed by atoms with van der Waals surface area (Å²) < 4.78 is 5.24. The normalized spacial score (nSPS) is 10.2. The topological polar surface area (TPSA) is 67.4 Å². The van der Waals surface area contributed by atoms with E-state index in [-0.39, 0.29) is 18.4 Å². The number of ether oxygens (including phenoxy) is 1. The third-order valence-electron chi connectivity index (χ3n) is 2.72. The first kappa shape index (κ1) is 17.5. The molecule has 1 aromatic carbocycles. The highest BCUT2D eigenvalue weighted by molar-refractivity contribution is 6.33. The Labute approximate surface area is 130 Å². The average Bonchev–Trinajstić information content (AvgIpc) is 2.47. The molecule has 5 nitrogen and oxygen atoms in total. The minimum atomic E-state index is -0.271. The minimum absolute atomic E-state index is 0.0120. The van der Waals surface area contributed by atoms with Crippen molar-refractivity contribution in [1.82, 2.24) is 0 Å². The van der Waals surface area contributed by atoms with Crippen LogP contribution in [0.5, 0.6) is 0 Å². The largest absolute Gasteiger partial charge is 0.372 e. The summed E-state index contributed by atoms with van der Waals surface area (Å²) in [5.74, 6) is -0.371. The fourth-order valence-corrected chi connectivity index (χ4v) is 1.71. The van der Waals surface area contributed by atoms with Crippen molar-refractivity contribution in [3.8, 4) is 0 Å². The molecule has 0 unspecified atom stereocenters. The summed E-state index contributed by atoms with van der Waals surface area (Å²) in [6.07, 6.45) is 2.33. The molecule has 0 radical (unpaired) electrons. The third-order valence-corrected chi connectivity index (χ3v) is 3.05. The Morgan fingerprint density at radius 3 is 2.62 bits per heavy atom. The Balaban J connectivity index is 2.58. The molecule has 0 saturated heterocycles. The van der Waals surface area contributed by atoms with Gasteiger partial charge in [-0.15, -0.1) is 0 Å². The molecule has 0 bridgehead atoms. The van der Waals surface area contributed by atoms with E-state index in [1.807, 2.05) is 0 Å². The molecular weight excluding hydrogens is 292 g/mol. The Bertz CT molecular complexity index is 492. The van der Waals surface area contributed by atoms with Gasteiger partial charge in [0.1, 0.15) is 6.61 Å². The van der Waals surface area contributed by atoms with E-state index in [9.17, 15) is 9.59 Å². The van der Waals surface area contributed by atoms with Crippen LogP contribution in [0.15, 0.2) is 18.2 Å². The van der Waals surface area contributed by atoms with Crippen LogP contribution in [0.3, 0.4) is 0 Å². The van der Waals surface area contributed by atoms with Crippen LogP contribution in [0.4, 0.5) is 11.4 Å². The van der Waals surface area contributed by atoms with Crippen molar-refractivity contribution in [2.45, 2.75) is 33.1 Å². The van der Waals surface area contributed by atoms with E-state index in [1.54, 1.807) is 25.1 Å². The number of hydrogen-bond acceptors (Lipinski definition) is 3. The van der Waals surface area contributed by atoms with Gasteiger partial charge in [0.15, 0.2) is 0 Å². The highest BCUT2D eigenvalue weighted by Gasteiger charge is 2.08. The van der Waals surface area contributed by atoms with Crippen LogP contribution in [-0.2, 0) is 14.3 Å². The lowest BCUT2D eigenvalue weighted by molar-refractivity contribution is -0.120. The molecule has 0 spiro atoms. The maximum atomic E-state index is 11.7. The van der Waals surface area contributed by atoms with Gasteiger partial charge in [-0.1, -0.05) is 31.9 Å². The zero-order valence-electron chi connectivity index (χ0n) is 12.4. The summed E-state index contributed by atoms with van der Waals surface area (Å²) in [6.45, 7) is 4.37. The van der Waals surface area contributed by atoms with Gasteiger partial charge in [-0.2, -0.15) is 0 Å². The second-order valence-electron chi connectivity index (χ2n) is 4.55. The van der Waals surface area contributed by atoms with Gasteiger partial charge in [-0.3, -0.25) is 9.59 Å². The van der Waals surface area contributed by atoms with E-state index in [0.29, 0.717) is 29.4 Å². The molecule has 0 heterocycles. The van der Waals surface area contributed by atoms with Crippen molar-refractivity contribution in [3.63, 3.8) is 0 Å². The molecular formula is C15H21ClN2O3. The summed E-state index contributed by atoms with van der Waals surface area (Å²) in [5, 5.41) is 5.79. The molecule has 2 N–H and O–H groups in total. The molecule has 0 fully saturated rings. The molecule has 0 aliphatic rings. The lowest BCUT2D eigenvalue weighted by Crippen LogP contribution is -2.19. The Morgan fingerprint density at radius 2 is 1.95 bits per heavy atom. The number of carbonyl (C=O) groups is 2. The van der Waals surface area contributed by atoms with Crippen LogP contribution in [0.1, 0.15) is 33.1 Å². The fourth-order valence-electron chi connectivity index (χ4n) is 1.55. The predicted molar refractivity (Wildman–Crippen MR) is 84.7 cm³/mol. The van der Waals surface area contributed by atoms with Gasteiger partial charge in [0.2, 0.25) is 11.8 Å². The Hall–Kier alpha value is -1.59. The molecule has 1 aromatic rings. The van der Waals surface area contributed by atoms with Gasteiger partial charge in [-0.25, -0.2) is 0 Å². The molecule has 2 amide bonds. The van der Waals surface area contributed by atoms with Gasteiger partial charge in [0.05, 0.1) is 10.7 Å². The first-order chi connectivity index (χ1) is 10.1. The van der Waals surface area contributed by atoms with Crippen LogP contribution in [0.2, 0.25) is 5.02 Å². The molecule has 0 aliphatic carbocycles. The second-order valence-corrected chi connectivity index (χ2v) is 4.96. The molecule has 116 valence electrons. The van der Waals surface area contributed by atoms with E-state index in [0.717, 1.165) is 12.8 Å². The van der Waals surface area contributed by atoms with E-state index in [2.05, 4.69) is 17.6 Å². The zero-order valence-corrected chi connectivity index (χ0v) is 13.1. The van der Waals surface area contributed by atoms with E-state index < -0.39 is 0 Å². The number of carbonyl (C=O) groups excluding carboxylic acids is 2. The molecule has 0 saturated carbocycles. The van der Waals surface area contributed by atoms with Crippen molar-refractivity contribution in [3.05, 3.63) is 23.2 Å². The SMILES string of the molecule is CCCCOCC(=O)Nc1cc(NC(=O)CC)ccc1Cl. The first-order valence-electron chi connectivity index (χ1n) is 7.03. The number of nitrogens with one attached hydrogen (secondary N) is 2. The number of hydrogen-bond donors (Lipinski definition) is 2. The Morgan fingerprint density at radius 1 is 1.19 bits per heavy atom. The van der Waals surface area contributed by atoms with E-state index >= 15 is 0 Å². The Kier molecular flexibility index (Phi) is 7.79. The van der Waals surface area contributed by atoms with Crippen molar-refractivity contribution in [2.75, 3.05) is 23.8 Å². The predicted octanol–water partition coefficient (Wildman–Crippen LogP) is 3.44. The molecule has 1 rings (SSSR count). The van der Waals surface area contributed by atoms with Crippen LogP contribution >= 0.6 is 11.6 Å². The smallest absolute Gasteiger partial charge is 0.250 e. The highest BCUT2D eigenvalue weighted by atomic mass is 35.5.